The molecule has 44 nitrogen and oxygen atoms in total. The number of nitrogens with one attached hydrogen (secondary N) is 4. The zero-order chi connectivity index (χ0) is 85.3. The first kappa shape index (κ1) is 101. The Hall–Kier alpha value is -4.61. The van der Waals surface area contributed by atoms with Crippen LogP contribution in [-0.2, 0) is 122 Å². The first-order chi connectivity index (χ1) is 53.9. The maximum Gasteiger partial charge on any atom is 0.280 e. The summed E-state index contributed by atoms with van der Waals surface area (Å²) in [6, 6.07) is 19.5. The van der Waals surface area contributed by atoms with Crippen LogP contribution in [0, 0.1) is 5.92 Å². The number of phosphoric acid groups is 8. The SMILES string of the molecule is CC1CC(O)C(COP(=O)([O-])OP(=O)([O-])OP(=O)([O-])OCCCNC(=O)c2ccc(C=O)cc2)O1.COP(=O)([O-])OCCCCCCNC(=O)C1CC(c2ccc(C(=O)NCCCOP(=O)([O-])OP(=O)([O-])OP(=O)([O-])OCC3OC(C)CC3O)cc2)c2cccn2C1.COP(=O)([O-])OCCCCCCNC(=O)[C@@H](N)Cn1cccc1. The lowest BCUT2D eigenvalue weighted by Crippen LogP contribution is -2.43. The molecule has 652 valence electrons. The monoisotopic (exact) mass is 1790 g/mol. The third-order valence-electron chi connectivity index (χ3n) is 16.6. The van der Waals surface area contributed by atoms with Crippen molar-refractivity contribution in [3.63, 3.8) is 0 Å². The first-order valence-electron chi connectivity index (χ1n) is 35.7. The summed E-state index contributed by atoms with van der Waals surface area (Å²) in [6.45, 7) is 2.38. The van der Waals surface area contributed by atoms with Crippen LogP contribution in [0.1, 0.15) is 146 Å². The lowest BCUT2D eigenvalue weighted by Gasteiger charge is -2.34. The van der Waals surface area contributed by atoms with Crippen molar-refractivity contribution in [2.75, 3.05) is 80.0 Å². The van der Waals surface area contributed by atoms with E-state index in [1.807, 2.05) is 52.0 Å². The molecule has 2 fully saturated rings. The van der Waals surface area contributed by atoms with Gasteiger partial charge >= 0.3 is 0 Å². The van der Waals surface area contributed by atoms with Crippen LogP contribution >= 0.6 is 62.6 Å². The van der Waals surface area contributed by atoms with Crippen molar-refractivity contribution >= 4 is 92.5 Å². The summed E-state index contributed by atoms with van der Waals surface area (Å²) in [6.07, 6.45) is 7.78. The topological polar surface area (TPSA) is 660 Å². The van der Waals surface area contributed by atoms with Crippen LogP contribution in [-0.4, -0.2) is 172 Å². The second-order valence-corrected chi connectivity index (χ2v) is 37.9. The molecule has 2 aromatic heterocycles. The summed E-state index contributed by atoms with van der Waals surface area (Å²) in [7, 11) is -40.7. The molecule has 0 radical (unpaired) electrons. The fourth-order valence-electron chi connectivity index (χ4n) is 11.0. The minimum Gasteiger partial charge on any atom is -0.756 e. The maximum atomic E-state index is 13.1. The van der Waals surface area contributed by atoms with Crippen molar-refractivity contribution < 1.29 is 173 Å². The molecule has 3 aliphatic rings. The van der Waals surface area contributed by atoms with Gasteiger partial charge in [0.1, 0.15) is 24.5 Å². The molecule has 4 amide bonds. The number of unbranched alkanes of at least 4 members (excludes halogenated alkanes) is 6. The molecule has 17 atom stereocenters. The fourth-order valence-corrected chi connectivity index (χ4v) is 18.8. The summed E-state index contributed by atoms with van der Waals surface area (Å²) in [5, 5.41) is 30.3. The van der Waals surface area contributed by atoms with Crippen molar-refractivity contribution in [2.24, 2.45) is 11.7 Å². The van der Waals surface area contributed by atoms with Crippen molar-refractivity contribution in [2.45, 2.75) is 159 Å². The number of aromatic nitrogens is 2. The molecule has 7 rings (SSSR count). The number of benzene rings is 2. The van der Waals surface area contributed by atoms with E-state index >= 15 is 0 Å². The number of rotatable bonds is 50. The quantitative estimate of drug-likeness (QED) is 0.0188. The number of ether oxygens (including phenoxy) is 2. The number of phosphoric ester groups is 6. The lowest BCUT2D eigenvalue weighted by molar-refractivity contribution is -0.255. The largest absolute Gasteiger partial charge is 0.756 e. The molecule has 52 heteroatoms. The molecule has 0 aliphatic carbocycles. The van der Waals surface area contributed by atoms with Crippen LogP contribution in [0.3, 0.4) is 0 Å². The van der Waals surface area contributed by atoms with Crippen LogP contribution in [0.4, 0.5) is 0 Å². The smallest absolute Gasteiger partial charge is 0.280 e. The fraction of sp³-hybridized carbons (Fsp3) is 0.603. The Morgan fingerprint density at radius 1 is 0.504 bits per heavy atom. The summed E-state index contributed by atoms with van der Waals surface area (Å²) < 4.78 is 158. The van der Waals surface area contributed by atoms with Gasteiger partial charge in [-0.3, -0.25) is 60.5 Å². The van der Waals surface area contributed by atoms with Crippen molar-refractivity contribution in [3.8, 4) is 0 Å². The zero-order valence-corrected chi connectivity index (χ0v) is 70.0. The van der Waals surface area contributed by atoms with E-state index in [4.69, 9.17) is 15.2 Å². The Balaban J connectivity index is 0.000000344. The van der Waals surface area contributed by atoms with Crippen LogP contribution in [0.2, 0.25) is 0 Å². The number of hydrogen-bond donors (Lipinski definition) is 7. The predicted octanol–water partition coefficient (Wildman–Crippen LogP) is 1.83. The van der Waals surface area contributed by atoms with Gasteiger partial charge in [0.05, 0.1) is 70.0 Å². The van der Waals surface area contributed by atoms with Crippen LogP contribution < -0.4 is 66.1 Å². The number of hydrogen-bond acceptors (Lipinski definition) is 38. The Bertz CT molecular complexity index is 4090. The Labute approximate surface area is 662 Å². The molecule has 3 aliphatic heterocycles. The number of aldehydes is 1. The van der Waals surface area contributed by atoms with Gasteiger partial charge in [0, 0.05) is 113 Å². The normalized spacial score (nSPS) is 23.1. The number of amides is 4. The van der Waals surface area contributed by atoms with E-state index in [0.717, 1.165) is 64.0 Å². The summed E-state index contributed by atoms with van der Waals surface area (Å²) in [5.74, 6) is -1.69. The number of aliphatic hydroxyl groups excluding tert-OH is 2. The van der Waals surface area contributed by atoms with Crippen LogP contribution in [0.25, 0.3) is 0 Å². The molecule has 8 N–H and O–H groups in total. The molecule has 16 unspecified atom stereocenters. The van der Waals surface area contributed by atoms with Crippen LogP contribution in [0.15, 0.2) is 91.4 Å². The average Bonchev–Trinajstić information content (AvgIpc) is 1.74. The van der Waals surface area contributed by atoms with Gasteiger partial charge in [-0.2, -0.15) is 0 Å². The van der Waals surface area contributed by atoms with Crippen molar-refractivity contribution in [3.05, 3.63) is 119 Å². The number of nitrogens with two attached hydrogens (primary N) is 1. The number of carbonyl (C=O) groups is 5. The molecule has 4 aromatic rings. The van der Waals surface area contributed by atoms with Gasteiger partial charge in [0.15, 0.2) is 0 Å². The third kappa shape index (κ3) is 39.6. The highest BCUT2D eigenvalue weighted by atomic mass is 31.3. The standard InChI is InChI=1S/C32H51N3O18P4.C17H26NO14P3.C14H26N3O5P/c1-23-19-29(36)30(51-23)22-50-56(43,44)53-57(45,46)52-55(41,42)49-18-8-15-34-31(37)25-12-10-24(11-13-25)27-20-26(21-35-16-7-9-28(27)35)32(38)33-14-5-3-4-6-17-48-54(39,40)47-2;1-12-9-15(20)16(30-12)11-29-34(24,25)32-35(26,27)31-33(22,23)28-8-2-7-18-17(21)14-5-3-13(10-19)4-6-14;1-21-23(19,20)22-11-7-3-2-4-8-16-14(18)13(15)12-17-9-5-6-10-17/h7,9-13,16,23,26-27,29-30,36H,3-6,8,14-15,17-22H2,1-2H3,(H,33,38)(H,34,37)(H,39,40)(H,41,42)(H,43,44)(H,45,46);3-6,10,12,15-16,20H,2,7-9,11H2,1H3,(H,18,21)(H,22,23)(H,24,25)(H,26,27);5-6,9-10,13H,2-4,7-8,11-12,15H2,1H3,(H,16,18)(H,19,20)/p-8/t;;13-/m..0/s1. The van der Waals surface area contributed by atoms with E-state index in [9.17, 15) is 110 Å². The van der Waals surface area contributed by atoms with Crippen LogP contribution in [0.5, 0.6) is 0 Å². The zero-order valence-electron chi connectivity index (χ0n) is 62.8. The van der Waals surface area contributed by atoms with E-state index in [-0.39, 0.29) is 87.3 Å². The third-order valence-corrected chi connectivity index (χ3v) is 26.9. The molecule has 2 aromatic carbocycles. The van der Waals surface area contributed by atoms with E-state index in [1.54, 1.807) is 38.1 Å². The van der Waals surface area contributed by atoms with Crippen molar-refractivity contribution in [1.29, 1.82) is 0 Å². The van der Waals surface area contributed by atoms with Gasteiger partial charge in [-0.25, -0.2) is 17.2 Å². The predicted molar refractivity (Wildman–Crippen MR) is 387 cm³/mol. The Kier molecular flexibility index (Phi) is 42.8. The summed E-state index contributed by atoms with van der Waals surface area (Å²) in [5.41, 5.74) is 8.64. The minimum atomic E-state index is -6.05. The van der Waals surface area contributed by atoms with Gasteiger partial charge in [0.2, 0.25) is 11.8 Å². The van der Waals surface area contributed by atoms with E-state index < -0.39 is 137 Å². The van der Waals surface area contributed by atoms with E-state index in [0.29, 0.717) is 62.9 Å². The molecular weight excluding hydrogens is 1690 g/mol. The minimum absolute atomic E-state index is 0.0355. The number of nitrogens with zero attached hydrogens (tertiary/aromatic N) is 2. The molecule has 115 heavy (non-hydrogen) atoms. The Morgan fingerprint density at radius 2 is 0.904 bits per heavy atom. The first-order valence-corrected chi connectivity index (χ1v) is 47.4. The van der Waals surface area contributed by atoms with Gasteiger partial charge in [-0.15, -0.1) is 0 Å². The second-order valence-electron chi connectivity index (χ2n) is 25.8. The van der Waals surface area contributed by atoms with Gasteiger partial charge < -0.3 is 131 Å². The van der Waals surface area contributed by atoms with E-state index in [1.165, 1.54) is 24.3 Å². The Morgan fingerprint density at radius 3 is 1.33 bits per heavy atom. The molecule has 0 spiro atoms. The highest BCUT2D eigenvalue weighted by Crippen LogP contribution is 2.64. The van der Waals surface area contributed by atoms with Gasteiger partial charge in [0.25, 0.3) is 74.4 Å². The van der Waals surface area contributed by atoms with Gasteiger partial charge in [-0.05, 0) is 113 Å². The molecule has 2 saturated heterocycles. The highest BCUT2D eigenvalue weighted by molar-refractivity contribution is 7.66. The number of carbonyl (C=O) groups excluding carboxylic acids is 5. The molecule has 5 heterocycles. The van der Waals surface area contributed by atoms with Gasteiger partial charge in [-0.1, -0.05) is 49.9 Å². The second kappa shape index (κ2) is 48.7. The number of fused-ring (bicyclic) bond motifs is 1. The lowest BCUT2D eigenvalue weighted by atomic mass is 9.83. The maximum absolute atomic E-state index is 13.1. The van der Waals surface area contributed by atoms with Crippen molar-refractivity contribution in [1.82, 2.24) is 30.4 Å². The average molecular weight is 1790 g/mol. The molecular formula is C63H95N7O37P8-8. The highest BCUT2D eigenvalue weighted by Gasteiger charge is 2.37. The van der Waals surface area contributed by atoms with E-state index in [2.05, 4.69) is 74.7 Å². The summed E-state index contributed by atoms with van der Waals surface area (Å²) >= 11 is 0. The number of aliphatic hydroxyl groups is 2. The summed E-state index contributed by atoms with van der Waals surface area (Å²) in [4.78, 5) is 153. The molecule has 0 bridgehead atoms. The molecule has 0 saturated carbocycles.